The lowest BCUT2D eigenvalue weighted by molar-refractivity contribution is 0.229. The van der Waals surface area contributed by atoms with E-state index in [4.69, 9.17) is 16.3 Å². The lowest BCUT2D eigenvalue weighted by Gasteiger charge is -2.40. The van der Waals surface area contributed by atoms with E-state index in [1.54, 1.807) is 11.9 Å². The van der Waals surface area contributed by atoms with Crippen LogP contribution in [0.15, 0.2) is 59.5 Å². The number of hydrogen-bond donors (Lipinski definition) is 1. The molecule has 3 aromatic rings. The fraction of sp³-hybridized carbons (Fsp3) is 0.438. The Balaban J connectivity index is 1.34. The number of carbonyl (C=O) groups is 1. The van der Waals surface area contributed by atoms with Crippen molar-refractivity contribution in [2.24, 2.45) is 11.8 Å². The number of halogens is 1. The third-order valence-electron chi connectivity index (χ3n) is 8.68. The van der Waals surface area contributed by atoms with Crippen LogP contribution in [0.3, 0.4) is 0 Å². The molecule has 4 bridgehead atoms. The van der Waals surface area contributed by atoms with Gasteiger partial charge in [-0.3, -0.25) is 14.3 Å². The maximum absolute atomic E-state index is 13.0. The predicted molar refractivity (Wildman–Crippen MR) is 167 cm³/mol. The van der Waals surface area contributed by atoms with Crippen LogP contribution in [0.5, 0.6) is 5.75 Å². The second-order valence-corrected chi connectivity index (χ2v) is 12.8. The average molecular weight is 592 g/mol. The van der Waals surface area contributed by atoms with Gasteiger partial charge < -0.3 is 9.64 Å². The van der Waals surface area contributed by atoms with E-state index in [0.29, 0.717) is 30.8 Å². The topological polar surface area (TPSA) is 62.6 Å². The van der Waals surface area contributed by atoms with Gasteiger partial charge in [0.2, 0.25) is 0 Å². The first-order valence-corrected chi connectivity index (χ1v) is 15.8. The highest BCUT2D eigenvalue weighted by Gasteiger charge is 2.34. The van der Waals surface area contributed by atoms with Gasteiger partial charge in [0.1, 0.15) is 5.75 Å². The molecule has 0 spiro atoms. The van der Waals surface area contributed by atoms with Gasteiger partial charge in [-0.25, -0.2) is 4.79 Å². The number of hydrogen-bond acceptors (Lipinski definition) is 5. The number of aryl methyl sites for hydroxylation is 2. The van der Waals surface area contributed by atoms with Crippen molar-refractivity contribution in [2.45, 2.75) is 56.9 Å². The molecule has 1 N–H and O–H groups in total. The van der Waals surface area contributed by atoms with Crippen molar-refractivity contribution in [1.29, 1.82) is 0 Å². The lowest BCUT2D eigenvalue weighted by Crippen LogP contribution is -2.39. The number of ether oxygens (including phenoxy) is 1. The Kier molecular flexibility index (Phi) is 8.22. The molecule has 3 heterocycles. The van der Waals surface area contributed by atoms with E-state index in [1.165, 1.54) is 35.9 Å². The second-order valence-electron chi connectivity index (χ2n) is 11.5. The van der Waals surface area contributed by atoms with Gasteiger partial charge in [-0.1, -0.05) is 43.2 Å². The number of aromatic nitrogens is 2. The summed E-state index contributed by atoms with van der Waals surface area (Å²) in [6.07, 6.45) is 9.11. The van der Waals surface area contributed by atoms with E-state index in [0.717, 1.165) is 53.0 Å². The Hall–Kier alpha value is -3.10. The van der Waals surface area contributed by atoms with Crippen LogP contribution in [0, 0.1) is 18.8 Å². The summed E-state index contributed by atoms with van der Waals surface area (Å²) in [4.78, 5) is 18.1. The zero-order valence-electron chi connectivity index (χ0n) is 24.0. The molecule has 2 aromatic carbocycles. The maximum Gasteiger partial charge on any atom is 0.333 e. The first kappa shape index (κ1) is 28.0. The highest BCUT2D eigenvalue weighted by atomic mass is 35.5. The monoisotopic (exact) mass is 591 g/mol. The molecule has 2 amide bonds. The molecule has 3 atom stereocenters. The molecule has 3 aliphatic rings. The third kappa shape index (κ3) is 5.95. The highest BCUT2D eigenvalue weighted by Crippen LogP contribution is 2.42. The van der Waals surface area contributed by atoms with Gasteiger partial charge in [-0.15, -0.1) is 0 Å². The summed E-state index contributed by atoms with van der Waals surface area (Å²) in [6.45, 7) is 7.39. The van der Waals surface area contributed by atoms with E-state index in [1.807, 2.05) is 29.8 Å². The second kappa shape index (κ2) is 12.0. The molecule has 1 aliphatic carbocycles. The molecule has 1 saturated carbocycles. The molecule has 6 rings (SSSR count). The molecule has 0 saturated heterocycles. The molecule has 0 radical (unpaired) electrons. The van der Waals surface area contributed by atoms with Gasteiger partial charge in [0, 0.05) is 47.7 Å². The summed E-state index contributed by atoms with van der Waals surface area (Å²) in [5.41, 5.74) is 4.77. The van der Waals surface area contributed by atoms with E-state index in [-0.39, 0.29) is 11.9 Å². The van der Waals surface area contributed by atoms with Gasteiger partial charge in [0.15, 0.2) is 5.82 Å². The number of fused-ring (bicyclic) bond motifs is 4. The number of carbonyl (C=O) groups excluding carboxylic acids is 1. The number of nitrogens with one attached hydrogen (secondary N) is 1. The van der Waals surface area contributed by atoms with Gasteiger partial charge in [0.05, 0.1) is 18.8 Å². The van der Waals surface area contributed by atoms with Crippen molar-refractivity contribution in [3.63, 3.8) is 0 Å². The first-order chi connectivity index (χ1) is 19.9. The minimum Gasteiger partial charge on any atom is -0.491 e. The summed E-state index contributed by atoms with van der Waals surface area (Å²) in [5.74, 6) is 2.88. The zero-order valence-corrected chi connectivity index (χ0v) is 25.5. The van der Waals surface area contributed by atoms with E-state index >= 15 is 0 Å². The molecule has 1 fully saturated rings. The van der Waals surface area contributed by atoms with Gasteiger partial charge >= 0.3 is 6.03 Å². The molecular weight excluding hydrogens is 554 g/mol. The SMILES string of the molecule is CCCc1cc(Cl)ccc1C1COc2ccc3cc2N(C1)CC1CCC1/C=C/Cn1nc(cc1C)N(C)C(=O)NS3. The normalized spacial score (nSPS) is 23.4. The van der Waals surface area contributed by atoms with Crippen molar-refractivity contribution in [3.05, 3.63) is 76.5 Å². The summed E-state index contributed by atoms with van der Waals surface area (Å²) in [7, 11) is 1.75. The average Bonchev–Trinajstić information content (AvgIpc) is 3.22. The Morgan fingerprint density at radius 1 is 1.15 bits per heavy atom. The number of benzene rings is 2. The molecule has 2 aliphatic heterocycles. The standard InChI is InChI=1S/C32H38ClN5O2S/c1-4-6-23-16-26(33)10-12-28(23)25-19-37-18-24-9-8-22(24)7-5-14-38-21(2)15-31(34-38)36(3)32(39)35-41-27-11-13-30(40-20-25)29(37)17-27/h5,7,10-13,15-17,22,24-25H,4,6,8-9,14,18-20H2,1-3H3,(H,35,39)/b7-5+. The molecule has 216 valence electrons. The van der Waals surface area contributed by atoms with Crippen LogP contribution >= 0.6 is 23.5 Å². The first-order valence-electron chi connectivity index (χ1n) is 14.6. The molecule has 3 unspecified atom stereocenters. The maximum atomic E-state index is 13.0. The number of amides is 2. The number of rotatable bonds is 3. The van der Waals surface area contributed by atoms with E-state index in [2.05, 4.69) is 58.1 Å². The Morgan fingerprint density at radius 3 is 2.83 bits per heavy atom. The molecular formula is C32H38ClN5O2S. The van der Waals surface area contributed by atoms with Crippen molar-refractivity contribution < 1.29 is 9.53 Å². The van der Waals surface area contributed by atoms with Crippen LogP contribution < -0.4 is 19.3 Å². The number of nitrogens with zero attached hydrogens (tertiary/aromatic N) is 4. The van der Waals surface area contributed by atoms with Gasteiger partial charge in [0.25, 0.3) is 0 Å². The van der Waals surface area contributed by atoms with Crippen molar-refractivity contribution >= 4 is 41.1 Å². The van der Waals surface area contributed by atoms with Crippen LogP contribution in [-0.4, -0.2) is 42.6 Å². The minimum atomic E-state index is -0.216. The number of urea groups is 1. The number of anilines is 2. The van der Waals surface area contributed by atoms with Crippen molar-refractivity contribution in [1.82, 2.24) is 14.5 Å². The Morgan fingerprint density at radius 2 is 2.02 bits per heavy atom. The molecule has 7 nitrogen and oxygen atoms in total. The molecule has 9 heteroatoms. The van der Waals surface area contributed by atoms with Crippen molar-refractivity contribution in [3.8, 4) is 5.75 Å². The predicted octanol–water partition coefficient (Wildman–Crippen LogP) is 7.23. The lowest BCUT2D eigenvalue weighted by atomic mass is 9.73. The summed E-state index contributed by atoms with van der Waals surface area (Å²) < 4.78 is 11.5. The third-order valence-corrected chi connectivity index (χ3v) is 9.68. The van der Waals surface area contributed by atoms with E-state index in [9.17, 15) is 4.79 Å². The van der Waals surface area contributed by atoms with Crippen LogP contribution in [0.25, 0.3) is 0 Å². The summed E-state index contributed by atoms with van der Waals surface area (Å²) in [5, 5.41) is 5.47. The number of allylic oxidation sites excluding steroid dienone is 2. The zero-order chi connectivity index (χ0) is 28.5. The van der Waals surface area contributed by atoms with Crippen LogP contribution in [0.4, 0.5) is 16.3 Å². The summed E-state index contributed by atoms with van der Waals surface area (Å²) >= 11 is 7.74. The van der Waals surface area contributed by atoms with Gasteiger partial charge in [-0.05, 0) is 91.4 Å². The largest absolute Gasteiger partial charge is 0.491 e. The molecule has 41 heavy (non-hydrogen) atoms. The highest BCUT2D eigenvalue weighted by molar-refractivity contribution is 7.98. The Bertz CT molecular complexity index is 1460. The molecule has 1 aromatic heterocycles. The van der Waals surface area contributed by atoms with E-state index < -0.39 is 0 Å². The summed E-state index contributed by atoms with van der Waals surface area (Å²) in [6, 6.07) is 14.3. The minimum absolute atomic E-state index is 0.216. The fourth-order valence-electron chi connectivity index (χ4n) is 6.17. The van der Waals surface area contributed by atoms with Gasteiger partial charge in [-0.2, -0.15) is 5.10 Å². The quantitative estimate of drug-likeness (QED) is 0.257. The Labute approximate surface area is 252 Å². The van der Waals surface area contributed by atoms with Crippen LogP contribution in [-0.2, 0) is 13.0 Å². The van der Waals surface area contributed by atoms with Crippen LogP contribution in [0.2, 0.25) is 5.02 Å². The van der Waals surface area contributed by atoms with Crippen molar-refractivity contribution in [2.75, 3.05) is 36.5 Å². The smallest absolute Gasteiger partial charge is 0.333 e. The fourth-order valence-corrected chi connectivity index (χ4v) is 7.01. The van der Waals surface area contributed by atoms with Crippen LogP contribution in [0.1, 0.15) is 48.9 Å².